The molecule has 4 rings (SSSR count). The van der Waals surface area contributed by atoms with Crippen molar-refractivity contribution in [2.75, 3.05) is 5.32 Å². The number of hydrogen-bond donors (Lipinski definition) is 2. The van der Waals surface area contributed by atoms with Gasteiger partial charge in [-0.25, -0.2) is 4.98 Å². The second kappa shape index (κ2) is 7.17. The van der Waals surface area contributed by atoms with Crippen LogP contribution in [0.2, 0.25) is 5.15 Å². The van der Waals surface area contributed by atoms with Crippen molar-refractivity contribution in [2.24, 2.45) is 0 Å². The van der Waals surface area contributed by atoms with Crippen molar-refractivity contribution in [2.45, 2.75) is 6.18 Å². The fourth-order valence-corrected chi connectivity index (χ4v) is 2.86. The Labute approximate surface area is 166 Å². The number of nitrogens with one attached hydrogen (secondary N) is 2. The summed E-state index contributed by atoms with van der Waals surface area (Å²) in [6, 6.07) is 12.6. The van der Waals surface area contributed by atoms with Crippen LogP contribution < -0.4 is 5.32 Å². The van der Waals surface area contributed by atoms with Crippen molar-refractivity contribution in [3.63, 3.8) is 0 Å². The molecule has 29 heavy (non-hydrogen) atoms. The van der Waals surface area contributed by atoms with Gasteiger partial charge in [0.15, 0.2) is 11.0 Å². The highest BCUT2D eigenvalue weighted by Crippen LogP contribution is 2.32. The van der Waals surface area contributed by atoms with E-state index in [1.54, 1.807) is 18.2 Å². The number of aromatic amines is 1. The van der Waals surface area contributed by atoms with Gasteiger partial charge in [-0.2, -0.15) is 13.2 Å². The predicted molar refractivity (Wildman–Crippen MR) is 102 cm³/mol. The van der Waals surface area contributed by atoms with E-state index in [-0.39, 0.29) is 27.9 Å². The number of amides is 1. The number of benzene rings is 2. The number of carbonyl (C=O) groups is 1. The van der Waals surface area contributed by atoms with Crippen LogP contribution in [0.3, 0.4) is 0 Å². The molecule has 6 nitrogen and oxygen atoms in total. The standard InChI is InChI=1S/C19H11ClF3N5O/c20-14-7-8-15(28-27-14)25-18(29)12-5-2-6-13-16(12)26-17(24-13)10-3-1-4-11(9-10)19(21,22)23/h1-9H,(H,24,26)(H,25,28,29). The van der Waals surface area contributed by atoms with Crippen LogP contribution in [0.5, 0.6) is 0 Å². The van der Waals surface area contributed by atoms with E-state index in [1.165, 1.54) is 24.3 Å². The summed E-state index contributed by atoms with van der Waals surface area (Å²) in [7, 11) is 0. The third-order valence-electron chi connectivity index (χ3n) is 4.09. The van der Waals surface area contributed by atoms with Crippen LogP contribution in [-0.2, 0) is 6.18 Å². The van der Waals surface area contributed by atoms with Crippen LogP contribution >= 0.6 is 11.6 Å². The maximum atomic E-state index is 13.0. The second-order valence-corrected chi connectivity index (χ2v) is 6.45. The Morgan fingerprint density at radius 3 is 2.55 bits per heavy atom. The van der Waals surface area contributed by atoms with Gasteiger partial charge < -0.3 is 10.3 Å². The minimum atomic E-state index is -4.47. The molecular formula is C19H11ClF3N5O. The van der Waals surface area contributed by atoms with Gasteiger partial charge in [0.05, 0.1) is 16.6 Å². The maximum absolute atomic E-state index is 13.0. The van der Waals surface area contributed by atoms with E-state index >= 15 is 0 Å². The summed E-state index contributed by atoms with van der Waals surface area (Å²) in [5, 5.41) is 10.2. The number of halogens is 4. The highest BCUT2D eigenvalue weighted by atomic mass is 35.5. The fourth-order valence-electron chi connectivity index (χ4n) is 2.76. The molecule has 146 valence electrons. The number of aromatic nitrogens is 4. The summed E-state index contributed by atoms with van der Waals surface area (Å²) >= 11 is 5.67. The summed E-state index contributed by atoms with van der Waals surface area (Å²) in [5.41, 5.74) is 0.529. The molecule has 0 fully saturated rings. The summed E-state index contributed by atoms with van der Waals surface area (Å²) < 4.78 is 39.0. The molecular weight excluding hydrogens is 407 g/mol. The first-order valence-electron chi connectivity index (χ1n) is 8.28. The van der Waals surface area contributed by atoms with Crippen LogP contribution in [0.15, 0.2) is 54.6 Å². The van der Waals surface area contributed by atoms with E-state index in [9.17, 15) is 18.0 Å². The number of H-pyrrole nitrogens is 1. The molecule has 10 heteroatoms. The summed E-state index contributed by atoms with van der Waals surface area (Å²) in [5.74, 6) is -0.0722. The van der Waals surface area contributed by atoms with Gasteiger partial charge in [-0.05, 0) is 36.4 Å². The third kappa shape index (κ3) is 3.90. The van der Waals surface area contributed by atoms with Crippen molar-refractivity contribution < 1.29 is 18.0 Å². The Hall–Kier alpha value is -3.46. The summed E-state index contributed by atoms with van der Waals surface area (Å²) in [6.07, 6.45) is -4.47. The first-order chi connectivity index (χ1) is 13.8. The van der Waals surface area contributed by atoms with Crippen LogP contribution in [0.25, 0.3) is 22.4 Å². The molecule has 0 aliphatic heterocycles. The maximum Gasteiger partial charge on any atom is 0.416 e. The fraction of sp³-hybridized carbons (Fsp3) is 0.0526. The number of hydrogen-bond acceptors (Lipinski definition) is 4. The molecule has 0 aliphatic rings. The van der Waals surface area contributed by atoms with Gasteiger partial charge in [-0.15, -0.1) is 10.2 Å². The molecule has 0 unspecified atom stereocenters. The quantitative estimate of drug-likeness (QED) is 0.494. The van der Waals surface area contributed by atoms with Crippen molar-refractivity contribution >= 4 is 34.4 Å². The number of carbonyl (C=O) groups excluding carboxylic acids is 1. The first kappa shape index (κ1) is 18.9. The molecule has 0 aliphatic carbocycles. The minimum absolute atomic E-state index is 0.183. The lowest BCUT2D eigenvalue weighted by Gasteiger charge is -2.07. The molecule has 0 saturated heterocycles. The average Bonchev–Trinajstić information content (AvgIpc) is 3.13. The van der Waals surface area contributed by atoms with Crippen molar-refractivity contribution in [3.05, 3.63) is 70.9 Å². The Kier molecular flexibility index (Phi) is 4.67. The Balaban J connectivity index is 1.70. The average molecular weight is 418 g/mol. The van der Waals surface area contributed by atoms with E-state index in [4.69, 9.17) is 11.6 Å². The van der Waals surface area contributed by atoms with Crippen LogP contribution in [0.1, 0.15) is 15.9 Å². The van der Waals surface area contributed by atoms with Crippen LogP contribution in [0.4, 0.5) is 19.0 Å². The summed E-state index contributed by atoms with van der Waals surface area (Å²) in [4.78, 5) is 19.9. The van der Waals surface area contributed by atoms with Gasteiger partial charge in [0.1, 0.15) is 11.3 Å². The largest absolute Gasteiger partial charge is 0.416 e. The highest BCUT2D eigenvalue weighted by molar-refractivity contribution is 6.29. The smallest absolute Gasteiger partial charge is 0.338 e. The van der Waals surface area contributed by atoms with Gasteiger partial charge >= 0.3 is 6.18 Å². The number of alkyl halides is 3. The summed E-state index contributed by atoms with van der Waals surface area (Å²) in [6.45, 7) is 0. The highest BCUT2D eigenvalue weighted by Gasteiger charge is 2.30. The predicted octanol–water partition coefficient (Wildman–Crippen LogP) is 4.94. The number of nitrogens with zero attached hydrogens (tertiary/aromatic N) is 3. The van der Waals surface area contributed by atoms with Gasteiger partial charge in [-0.1, -0.05) is 29.8 Å². The first-order valence-corrected chi connectivity index (χ1v) is 8.66. The Morgan fingerprint density at radius 1 is 1.03 bits per heavy atom. The van der Waals surface area contributed by atoms with Crippen molar-refractivity contribution in [1.82, 2.24) is 20.2 Å². The Bertz CT molecular complexity index is 1200. The number of fused-ring (bicyclic) bond motifs is 1. The molecule has 2 heterocycles. The number of para-hydroxylation sites is 1. The Morgan fingerprint density at radius 2 is 1.83 bits per heavy atom. The molecule has 1 amide bonds. The molecule has 0 spiro atoms. The zero-order valence-electron chi connectivity index (χ0n) is 14.5. The molecule has 0 saturated carbocycles. The van der Waals surface area contributed by atoms with Crippen LogP contribution in [-0.4, -0.2) is 26.1 Å². The molecule has 0 radical (unpaired) electrons. The normalized spacial score (nSPS) is 11.6. The third-order valence-corrected chi connectivity index (χ3v) is 4.30. The number of imidazole rings is 1. The zero-order valence-corrected chi connectivity index (χ0v) is 15.2. The minimum Gasteiger partial charge on any atom is -0.338 e. The molecule has 0 bridgehead atoms. The molecule has 0 atom stereocenters. The van der Waals surface area contributed by atoms with E-state index in [0.717, 1.165) is 12.1 Å². The lowest BCUT2D eigenvalue weighted by atomic mass is 10.1. The van der Waals surface area contributed by atoms with Gasteiger partial charge in [-0.3, -0.25) is 4.79 Å². The monoisotopic (exact) mass is 417 g/mol. The number of anilines is 1. The van der Waals surface area contributed by atoms with E-state index < -0.39 is 17.6 Å². The SMILES string of the molecule is O=C(Nc1ccc(Cl)nn1)c1cccc2[nH]c(-c3cccc(C(F)(F)F)c3)nc12. The van der Waals surface area contributed by atoms with E-state index in [1.807, 2.05) is 0 Å². The van der Waals surface area contributed by atoms with Gasteiger partial charge in [0, 0.05) is 5.56 Å². The van der Waals surface area contributed by atoms with E-state index in [0.29, 0.717) is 11.0 Å². The molecule has 2 N–H and O–H groups in total. The molecule has 2 aromatic carbocycles. The molecule has 4 aromatic rings. The lowest BCUT2D eigenvalue weighted by Crippen LogP contribution is -2.13. The molecule has 2 aromatic heterocycles. The zero-order chi connectivity index (χ0) is 20.6. The van der Waals surface area contributed by atoms with Gasteiger partial charge in [0.25, 0.3) is 5.91 Å². The van der Waals surface area contributed by atoms with Gasteiger partial charge in [0.2, 0.25) is 0 Å². The number of rotatable bonds is 3. The topological polar surface area (TPSA) is 83.6 Å². The van der Waals surface area contributed by atoms with Crippen molar-refractivity contribution in [3.8, 4) is 11.4 Å². The second-order valence-electron chi connectivity index (χ2n) is 6.06. The van der Waals surface area contributed by atoms with Crippen molar-refractivity contribution in [1.29, 1.82) is 0 Å². The van der Waals surface area contributed by atoms with Crippen LogP contribution in [0, 0.1) is 0 Å². The van der Waals surface area contributed by atoms with E-state index in [2.05, 4.69) is 25.5 Å². The lowest BCUT2D eigenvalue weighted by molar-refractivity contribution is -0.137.